The summed E-state index contributed by atoms with van der Waals surface area (Å²) in [7, 11) is 0. The molecule has 0 saturated carbocycles. The lowest BCUT2D eigenvalue weighted by Crippen LogP contribution is -2.45. The third kappa shape index (κ3) is 5.50. The molecule has 0 aliphatic carbocycles. The molecule has 0 spiro atoms. The Kier molecular flexibility index (Phi) is 6.33. The standard InChI is InChI=1S/C16H24N2O2/c1-5-19-14-6-8-15(9-7-14)20-11-10-16(4,12-17)18-13(2)3/h6-9,13,18H,5,10-11H2,1-4H3. The minimum Gasteiger partial charge on any atom is -0.494 e. The minimum absolute atomic E-state index is 0.269. The molecule has 0 amide bonds. The maximum Gasteiger partial charge on any atom is 0.119 e. The van der Waals surface area contributed by atoms with Crippen molar-refractivity contribution in [1.29, 1.82) is 5.26 Å². The van der Waals surface area contributed by atoms with Gasteiger partial charge in [-0.25, -0.2) is 0 Å². The summed E-state index contributed by atoms with van der Waals surface area (Å²) in [6.07, 6.45) is 0.634. The molecular weight excluding hydrogens is 252 g/mol. The molecule has 0 aliphatic rings. The molecule has 0 bridgehead atoms. The van der Waals surface area contributed by atoms with Gasteiger partial charge < -0.3 is 9.47 Å². The second kappa shape index (κ2) is 7.76. The monoisotopic (exact) mass is 276 g/mol. The number of hydrogen-bond donors (Lipinski definition) is 1. The fourth-order valence-corrected chi connectivity index (χ4v) is 1.97. The van der Waals surface area contributed by atoms with Gasteiger partial charge in [0.15, 0.2) is 0 Å². The predicted octanol–water partition coefficient (Wildman–Crippen LogP) is 3.13. The average molecular weight is 276 g/mol. The molecule has 110 valence electrons. The first-order valence-corrected chi connectivity index (χ1v) is 7.03. The second-order valence-corrected chi connectivity index (χ2v) is 5.25. The highest BCUT2D eigenvalue weighted by Gasteiger charge is 2.24. The highest BCUT2D eigenvalue weighted by atomic mass is 16.5. The van der Waals surface area contributed by atoms with Crippen LogP contribution in [0.1, 0.15) is 34.1 Å². The van der Waals surface area contributed by atoms with Gasteiger partial charge in [0.05, 0.1) is 19.3 Å². The zero-order valence-corrected chi connectivity index (χ0v) is 12.8. The average Bonchev–Trinajstić information content (AvgIpc) is 2.40. The van der Waals surface area contributed by atoms with E-state index in [0.717, 1.165) is 11.5 Å². The van der Waals surface area contributed by atoms with Crippen LogP contribution in [0.4, 0.5) is 0 Å². The van der Waals surface area contributed by atoms with Gasteiger partial charge in [-0.15, -0.1) is 0 Å². The number of nitriles is 1. The third-order valence-corrected chi connectivity index (χ3v) is 2.86. The van der Waals surface area contributed by atoms with E-state index in [1.165, 1.54) is 0 Å². The number of nitrogens with zero attached hydrogens (tertiary/aromatic N) is 1. The third-order valence-electron chi connectivity index (χ3n) is 2.86. The molecule has 4 nitrogen and oxygen atoms in total. The molecule has 1 aromatic rings. The van der Waals surface area contributed by atoms with Gasteiger partial charge in [0.1, 0.15) is 17.0 Å². The van der Waals surface area contributed by atoms with Crippen molar-refractivity contribution in [3.8, 4) is 17.6 Å². The molecule has 0 aromatic heterocycles. The van der Waals surface area contributed by atoms with Crippen LogP contribution in [0, 0.1) is 11.3 Å². The summed E-state index contributed by atoms with van der Waals surface area (Å²) in [5.74, 6) is 1.63. The van der Waals surface area contributed by atoms with Crippen molar-refractivity contribution < 1.29 is 9.47 Å². The number of rotatable bonds is 8. The van der Waals surface area contributed by atoms with Crippen LogP contribution in [0.2, 0.25) is 0 Å². The van der Waals surface area contributed by atoms with E-state index in [2.05, 4.69) is 11.4 Å². The van der Waals surface area contributed by atoms with Crippen LogP contribution in [0.3, 0.4) is 0 Å². The minimum atomic E-state index is -0.556. The number of hydrogen-bond acceptors (Lipinski definition) is 4. The van der Waals surface area contributed by atoms with Gasteiger partial charge >= 0.3 is 0 Å². The largest absolute Gasteiger partial charge is 0.494 e. The van der Waals surface area contributed by atoms with Crippen molar-refractivity contribution in [2.75, 3.05) is 13.2 Å². The summed E-state index contributed by atoms with van der Waals surface area (Å²) in [5, 5.41) is 12.5. The molecule has 1 aromatic carbocycles. The van der Waals surface area contributed by atoms with Crippen molar-refractivity contribution in [3.63, 3.8) is 0 Å². The molecule has 0 radical (unpaired) electrons. The summed E-state index contributed by atoms with van der Waals surface area (Å²) < 4.78 is 11.0. The van der Waals surface area contributed by atoms with E-state index in [0.29, 0.717) is 19.6 Å². The molecule has 0 saturated heterocycles. The van der Waals surface area contributed by atoms with E-state index in [-0.39, 0.29) is 6.04 Å². The molecule has 1 rings (SSSR count). The zero-order chi connectivity index (χ0) is 15.0. The van der Waals surface area contributed by atoms with Crippen LogP contribution < -0.4 is 14.8 Å². The lowest BCUT2D eigenvalue weighted by Gasteiger charge is -2.25. The van der Waals surface area contributed by atoms with Crippen molar-refractivity contribution in [3.05, 3.63) is 24.3 Å². The van der Waals surface area contributed by atoms with E-state index in [1.54, 1.807) is 0 Å². The van der Waals surface area contributed by atoms with Crippen LogP contribution >= 0.6 is 0 Å². The lowest BCUT2D eigenvalue weighted by molar-refractivity contribution is 0.259. The Morgan fingerprint density at radius 1 is 1.20 bits per heavy atom. The van der Waals surface area contributed by atoms with Crippen LogP contribution in [-0.2, 0) is 0 Å². The zero-order valence-electron chi connectivity index (χ0n) is 12.8. The molecule has 0 heterocycles. The Morgan fingerprint density at radius 3 is 2.20 bits per heavy atom. The van der Waals surface area contributed by atoms with Crippen molar-refractivity contribution in [2.24, 2.45) is 0 Å². The lowest BCUT2D eigenvalue weighted by atomic mass is 9.99. The molecule has 0 fully saturated rings. The van der Waals surface area contributed by atoms with E-state index in [1.807, 2.05) is 52.0 Å². The topological polar surface area (TPSA) is 54.3 Å². The highest BCUT2D eigenvalue weighted by Crippen LogP contribution is 2.18. The Morgan fingerprint density at radius 2 is 1.75 bits per heavy atom. The van der Waals surface area contributed by atoms with Crippen LogP contribution in [-0.4, -0.2) is 24.8 Å². The first-order chi connectivity index (χ1) is 9.49. The Hall–Kier alpha value is -1.73. The SMILES string of the molecule is CCOc1ccc(OCCC(C)(C#N)NC(C)C)cc1. The highest BCUT2D eigenvalue weighted by molar-refractivity contribution is 5.31. The molecule has 1 N–H and O–H groups in total. The first-order valence-electron chi connectivity index (χ1n) is 7.03. The maximum atomic E-state index is 9.24. The smallest absolute Gasteiger partial charge is 0.119 e. The second-order valence-electron chi connectivity index (χ2n) is 5.25. The Balaban J connectivity index is 2.45. The van der Waals surface area contributed by atoms with Gasteiger partial charge in [0.25, 0.3) is 0 Å². The van der Waals surface area contributed by atoms with Crippen molar-refractivity contribution in [1.82, 2.24) is 5.32 Å². The van der Waals surface area contributed by atoms with Crippen LogP contribution in [0.25, 0.3) is 0 Å². The predicted molar refractivity (Wildman–Crippen MR) is 80.0 cm³/mol. The molecular formula is C16H24N2O2. The fourth-order valence-electron chi connectivity index (χ4n) is 1.97. The number of benzene rings is 1. The quantitative estimate of drug-likeness (QED) is 0.792. The summed E-state index contributed by atoms with van der Waals surface area (Å²) in [5.41, 5.74) is -0.556. The van der Waals surface area contributed by atoms with Crippen molar-refractivity contribution in [2.45, 2.75) is 45.7 Å². The first kappa shape index (κ1) is 16.3. The Bertz CT molecular complexity index is 437. The van der Waals surface area contributed by atoms with Gasteiger partial charge in [-0.05, 0) is 52.0 Å². The molecule has 20 heavy (non-hydrogen) atoms. The van der Waals surface area contributed by atoms with E-state index in [9.17, 15) is 5.26 Å². The van der Waals surface area contributed by atoms with Gasteiger partial charge in [-0.1, -0.05) is 0 Å². The summed E-state index contributed by atoms with van der Waals surface area (Å²) in [6, 6.07) is 10.1. The number of ether oxygens (including phenoxy) is 2. The van der Waals surface area contributed by atoms with Gasteiger partial charge in [-0.2, -0.15) is 5.26 Å². The molecule has 1 unspecified atom stereocenters. The summed E-state index contributed by atoms with van der Waals surface area (Å²) in [4.78, 5) is 0. The van der Waals surface area contributed by atoms with E-state index < -0.39 is 5.54 Å². The van der Waals surface area contributed by atoms with E-state index >= 15 is 0 Å². The Labute approximate surface area is 121 Å². The maximum absolute atomic E-state index is 9.24. The molecule has 1 atom stereocenters. The molecule has 0 aliphatic heterocycles. The summed E-state index contributed by atoms with van der Waals surface area (Å²) >= 11 is 0. The summed E-state index contributed by atoms with van der Waals surface area (Å²) in [6.45, 7) is 9.06. The molecule has 4 heteroatoms. The van der Waals surface area contributed by atoms with Gasteiger partial charge in [0.2, 0.25) is 0 Å². The van der Waals surface area contributed by atoms with Crippen molar-refractivity contribution >= 4 is 0 Å². The van der Waals surface area contributed by atoms with Crippen LogP contribution in [0.15, 0.2) is 24.3 Å². The van der Waals surface area contributed by atoms with Crippen LogP contribution in [0.5, 0.6) is 11.5 Å². The normalized spacial score (nSPS) is 13.6. The van der Waals surface area contributed by atoms with Gasteiger partial charge in [0, 0.05) is 12.5 Å². The number of nitrogens with one attached hydrogen (secondary N) is 1. The van der Waals surface area contributed by atoms with Gasteiger partial charge in [-0.3, -0.25) is 5.32 Å². The van der Waals surface area contributed by atoms with E-state index in [4.69, 9.17) is 9.47 Å². The fraction of sp³-hybridized carbons (Fsp3) is 0.562.